The van der Waals surface area contributed by atoms with Crippen molar-refractivity contribution in [1.29, 1.82) is 0 Å². The third-order valence-corrected chi connectivity index (χ3v) is 5.48. The van der Waals surface area contributed by atoms with E-state index in [0.29, 0.717) is 31.0 Å². The average molecular weight is 473 g/mol. The van der Waals surface area contributed by atoms with E-state index in [1.807, 2.05) is 50.2 Å². The summed E-state index contributed by atoms with van der Waals surface area (Å²) in [6.07, 6.45) is 0. The maximum absolute atomic E-state index is 12.9. The molecule has 158 valence electrons. The Balaban J connectivity index is 2.10. The topological polar surface area (TPSA) is 70.1 Å². The molecule has 0 unspecified atom stereocenters. The quantitative estimate of drug-likeness (QED) is 0.376. The minimum Gasteiger partial charge on any atom is -0.507 e. The third kappa shape index (κ3) is 4.57. The lowest BCUT2D eigenvalue weighted by Crippen LogP contribution is -2.35. The molecule has 1 fully saturated rings. The number of amides is 1. The number of ether oxygens (including phenoxy) is 1. The number of hydrogen-bond donors (Lipinski definition) is 1. The number of halogens is 1. The lowest BCUT2D eigenvalue weighted by atomic mass is 9.95. The van der Waals surface area contributed by atoms with E-state index < -0.39 is 17.7 Å². The number of carbonyl (C=O) groups is 2. The Kier molecular flexibility index (Phi) is 6.95. The molecule has 1 aliphatic heterocycles. The van der Waals surface area contributed by atoms with Gasteiger partial charge in [-0.3, -0.25) is 9.59 Å². The zero-order chi connectivity index (χ0) is 21.8. The van der Waals surface area contributed by atoms with Gasteiger partial charge in [0, 0.05) is 23.1 Å². The zero-order valence-corrected chi connectivity index (χ0v) is 18.8. The maximum atomic E-state index is 12.9. The monoisotopic (exact) mass is 472 g/mol. The van der Waals surface area contributed by atoms with Crippen LogP contribution in [0.3, 0.4) is 0 Å². The first-order valence-corrected chi connectivity index (χ1v) is 10.5. The Labute approximate surface area is 184 Å². The van der Waals surface area contributed by atoms with E-state index in [9.17, 15) is 14.7 Å². The number of aliphatic hydroxyl groups is 1. The summed E-state index contributed by atoms with van der Waals surface area (Å²) in [6, 6.07) is 13.6. The molecule has 0 aliphatic carbocycles. The first-order valence-electron chi connectivity index (χ1n) is 9.75. The van der Waals surface area contributed by atoms with Gasteiger partial charge >= 0.3 is 0 Å². The molecule has 1 aliphatic rings. The van der Waals surface area contributed by atoms with E-state index in [1.54, 1.807) is 24.3 Å². The van der Waals surface area contributed by atoms with E-state index in [4.69, 9.17) is 4.74 Å². The fourth-order valence-corrected chi connectivity index (χ4v) is 3.71. The highest BCUT2D eigenvalue weighted by atomic mass is 79.9. The Bertz CT molecular complexity index is 952. The molecule has 1 saturated heterocycles. The van der Waals surface area contributed by atoms with Crippen molar-refractivity contribution in [1.82, 2.24) is 9.80 Å². The summed E-state index contributed by atoms with van der Waals surface area (Å²) in [5.74, 6) is -0.742. The third-order valence-electron chi connectivity index (χ3n) is 4.95. The molecule has 30 heavy (non-hydrogen) atoms. The zero-order valence-electron chi connectivity index (χ0n) is 17.3. The number of likely N-dealkylation sites (N-methyl/N-ethyl adjacent to an activating group) is 1. The summed E-state index contributed by atoms with van der Waals surface area (Å²) in [4.78, 5) is 29.3. The SMILES string of the molecule is CCOc1ccc([C@H]2C(=C(O)c3ccc(Br)cc3)C(=O)C(=O)N2CCN(C)C)cc1. The number of carbonyl (C=O) groups excluding carboxylic acids is 2. The lowest BCUT2D eigenvalue weighted by molar-refractivity contribution is -0.140. The second-order valence-electron chi connectivity index (χ2n) is 7.30. The van der Waals surface area contributed by atoms with Crippen molar-refractivity contribution in [3.8, 4) is 5.75 Å². The first-order chi connectivity index (χ1) is 14.3. The normalized spacial score (nSPS) is 18.3. The minimum atomic E-state index is -0.673. The van der Waals surface area contributed by atoms with E-state index in [1.165, 1.54) is 4.90 Å². The molecule has 0 radical (unpaired) electrons. The van der Waals surface area contributed by atoms with Crippen molar-refractivity contribution in [3.63, 3.8) is 0 Å². The number of nitrogens with zero attached hydrogens (tertiary/aromatic N) is 2. The Morgan fingerprint density at radius 1 is 1.10 bits per heavy atom. The van der Waals surface area contributed by atoms with Crippen LogP contribution < -0.4 is 4.74 Å². The highest BCUT2D eigenvalue weighted by Crippen LogP contribution is 2.39. The molecule has 1 N–H and O–H groups in total. The summed E-state index contributed by atoms with van der Waals surface area (Å²) < 4.78 is 6.36. The van der Waals surface area contributed by atoms with Crippen LogP contribution in [0.1, 0.15) is 24.1 Å². The molecule has 1 heterocycles. The van der Waals surface area contributed by atoms with Crippen molar-refractivity contribution in [2.75, 3.05) is 33.8 Å². The second-order valence-corrected chi connectivity index (χ2v) is 8.22. The van der Waals surface area contributed by atoms with Crippen LogP contribution in [-0.4, -0.2) is 60.4 Å². The van der Waals surface area contributed by atoms with Crippen molar-refractivity contribution in [2.45, 2.75) is 13.0 Å². The molecule has 0 aromatic heterocycles. The van der Waals surface area contributed by atoms with Crippen LogP contribution in [0.15, 0.2) is 58.6 Å². The summed E-state index contributed by atoms with van der Waals surface area (Å²) in [7, 11) is 3.81. The highest BCUT2D eigenvalue weighted by Gasteiger charge is 2.45. The molecule has 2 aromatic rings. The van der Waals surface area contributed by atoms with Crippen LogP contribution in [0.4, 0.5) is 0 Å². The molecule has 6 nitrogen and oxygen atoms in total. The predicted molar refractivity (Wildman–Crippen MR) is 119 cm³/mol. The summed E-state index contributed by atoms with van der Waals surface area (Å²) in [5.41, 5.74) is 1.33. The predicted octanol–water partition coefficient (Wildman–Crippen LogP) is 3.83. The fraction of sp³-hybridized carbons (Fsp3) is 0.304. The molecule has 0 bridgehead atoms. The van der Waals surface area contributed by atoms with E-state index >= 15 is 0 Å². The smallest absolute Gasteiger partial charge is 0.295 e. The standard InChI is InChI=1S/C23H25BrN2O4/c1-4-30-18-11-7-15(8-12-18)20-19(21(27)16-5-9-17(24)10-6-16)22(28)23(29)26(20)14-13-25(2)3/h5-12,20,27H,4,13-14H2,1-3H3/t20-/m0/s1. The van der Waals surface area contributed by atoms with Gasteiger partial charge < -0.3 is 19.6 Å². The van der Waals surface area contributed by atoms with Crippen LogP contribution in [0.2, 0.25) is 0 Å². The van der Waals surface area contributed by atoms with Gasteiger partial charge in [-0.15, -0.1) is 0 Å². The Morgan fingerprint density at radius 2 is 1.73 bits per heavy atom. The largest absolute Gasteiger partial charge is 0.507 e. The molecule has 0 saturated carbocycles. The van der Waals surface area contributed by atoms with E-state index in [0.717, 1.165) is 10.0 Å². The van der Waals surface area contributed by atoms with Gasteiger partial charge in [-0.1, -0.05) is 40.2 Å². The Morgan fingerprint density at radius 3 is 2.30 bits per heavy atom. The van der Waals surface area contributed by atoms with Crippen LogP contribution in [0, 0.1) is 0 Å². The second kappa shape index (κ2) is 9.45. The molecule has 2 aromatic carbocycles. The van der Waals surface area contributed by atoms with Gasteiger partial charge in [-0.05, 0) is 50.8 Å². The Hall–Kier alpha value is -2.64. The van der Waals surface area contributed by atoms with Crippen molar-refractivity contribution >= 4 is 33.4 Å². The van der Waals surface area contributed by atoms with Gasteiger partial charge in [0.05, 0.1) is 18.2 Å². The molecule has 7 heteroatoms. The van der Waals surface area contributed by atoms with Crippen molar-refractivity contribution < 1.29 is 19.4 Å². The van der Waals surface area contributed by atoms with Gasteiger partial charge in [-0.25, -0.2) is 0 Å². The van der Waals surface area contributed by atoms with Gasteiger partial charge in [0.2, 0.25) is 0 Å². The van der Waals surface area contributed by atoms with Crippen LogP contribution in [0.5, 0.6) is 5.75 Å². The van der Waals surface area contributed by atoms with Gasteiger partial charge in [-0.2, -0.15) is 0 Å². The highest BCUT2D eigenvalue weighted by molar-refractivity contribution is 9.10. The molecule has 1 atom stereocenters. The summed E-state index contributed by atoms with van der Waals surface area (Å²) in [6.45, 7) is 3.41. The average Bonchev–Trinajstić information content (AvgIpc) is 2.98. The number of benzene rings is 2. The van der Waals surface area contributed by atoms with Gasteiger partial charge in [0.1, 0.15) is 11.5 Å². The van der Waals surface area contributed by atoms with Gasteiger partial charge in [0.25, 0.3) is 11.7 Å². The fourth-order valence-electron chi connectivity index (χ4n) is 3.44. The number of likely N-dealkylation sites (tertiary alicyclic amines) is 1. The first kappa shape index (κ1) is 22.1. The number of hydrogen-bond acceptors (Lipinski definition) is 5. The molecular weight excluding hydrogens is 448 g/mol. The van der Waals surface area contributed by atoms with E-state index in [2.05, 4.69) is 15.9 Å². The summed E-state index contributed by atoms with van der Waals surface area (Å²) in [5, 5.41) is 11.0. The van der Waals surface area contributed by atoms with Crippen molar-refractivity contribution in [3.05, 3.63) is 69.7 Å². The molecular formula is C23H25BrN2O4. The van der Waals surface area contributed by atoms with E-state index in [-0.39, 0.29) is 11.3 Å². The van der Waals surface area contributed by atoms with Crippen LogP contribution >= 0.6 is 15.9 Å². The number of Topliss-reactive ketones (excluding diaryl/α,β-unsaturated/α-hetero) is 1. The molecule has 0 spiro atoms. The minimum absolute atomic E-state index is 0.102. The molecule has 1 amide bonds. The van der Waals surface area contributed by atoms with Crippen molar-refractivity contribution in [2.24, 2.45) is 0 Å². The summed E-state index contributed by atoms with van der Waals surface area (Å²) >= 11 is 3.37. The van der Waals surface area contributed by atoms with Crippen LogP contribution in [-0.2, 0) is 9.59 Å². The number of rotatable bonds is 7. The lowest BCUT2D eigenvalue weighted by Gasteiger charge is -2.26. The van der Waals surface area contributed by atoms with Crippen LogP contribution in [0.25, 0.3) is 5.76 Å². The number of aliphatic hydroxyl groups excluding tert-OH is 1. The van der Waals surface area contributed by atoms with Gasteiger partial charge in [0.15, 0.2) is 0 Å². The maximum Gasteiger partial charge on any atom is 0.295 e. The molecule has 3 rings (SSSR count). The number of ketones is 1.